The molecule has 0 radical (unpaired) electrons. The lowest BCUT2D eigenvalue weighted by Gasteiger charge is -2.09. The van der Waals surface area contributed by atoms with Crippen molar-refractivity contribution in [3.05, 3.63) is 62.6 Å². The van der Waals surface area contributed by atoms with E-state index in [1.165, 1.54) is 24.1 Å². The molecule has 0 atom stereocenters. The number of nitro benzene ring substituents is 1. The second-order valence-electron chi connectivity index (χ2n) is 4.49. The second kappa shape index (κ2) is 7.08. The van der Waals surface area contributed by atoms with Crippen LogP contribution >= 0.6 is 11.8 Å². The van der Waals surface area contributed by atoms with Crippen molar-refractivity contribution in [3.8, 4) is 0 Å². The third kappa shape index (κ3) is 3.95. The average molecular weight is 305 g/mol. The van der Waals surface area contributed by atoms with Gasteiger partial charge in [0.25, 0.3) is 5.69 Å². The number of esters is 1. The minimum absolute atomic E-state index is 0.0175. The topological polar surface area (TPSA) is 69.4 Å². The Morgan fingerprint density at radius 2 is 2.29 bits per heavy atom. The molecular weight excluding hydrogens is 290 g/mol. The Morgan fingerprint density at radius 1 is 1.48 bits per heavy atom. The molecule has 0 heterocycles. The van der Waals surface area contributed by atoms with Gasteiger partial charge in [-0.15, -0.1) is 11.8 Å². The van der Waals surface area contributed by atoms with E-state index < -0.39 is 10.9 Å². The van der Waals surface area contributed by atoms with Crippen LogP contribution in [0.2, 0.25) is 0 Å². The van der Waals surface area contributed by atoms with Gasteiger partial charge in [0.2, 0.25) is 0 Å². The van der Waals surface area contributed by atoms with Gasteiger partial charge in [-0.2, -0.15) is 0 Å². The first kappa shape index (κ1) is 15.3. The van der Waals surface area contributed by atoms with Crippen LogP contribution < -0.4 is 0 Å². The molecular formula is C15H15NO4S. The number of rotatable bonds is 5. The summed E-state index contributed by atoms with van der Waals surface area (Å²) in [4.78, 5) is 23.3. The zero-order chi connectivity index (χ0) is 15.2. The van der Waals surface area contributed by atoms with Gasteiger partial charge in [-0.3, -0.25) is 10.1 Å². The summed E-state index contributed by atoms with van der Waals surface area (Å²) in [6.07, 6.45) is 8.23. The van der Waals surface area contributed by atoms with Gasteiger partial charge in [0.1, 0.15) is 5.56 Å². The number of carbonyl (C=O) groups is 1. The van der Waals surface area contributed by atoms with Gasteiger partial charge in [-0.1, -0.05) is 24.3 Å². The highest BCUT2D eigenvalue weighted by Crippen LogP contribution is 2.29. The predicted octanol–water partition coefficient (Wildman–Crippen LogP) is 3.85. The Kier molecular flexibility index (Phi) is 5.16. The maximum absolute atomic E-state index is 11.5. The van der Waals surface area contributed by atoms with Crippen molar-refractivity contribution in [2.24, 2.45) is 0 Å². The van der Waals surface area contributed by atoms with Crippen LogP contribution in [0.1, 0.15) is 28.8 Å². The Morgan fingerprint density at radius 3 is 2.90 bits per heavy atom. The molecule has 0 aromatic heterocycles. The third-order valence-corrected chi connectivity index (χ3v) is 4.25. The van der Waals surface area contributed by atoms with E-state index >= 15 is 0 Å². The normalized spacial score (nSPS) is 13.7. The number of allylic oxidation sites excluding steroid dienone is 4. The molecule has 2 rings (SSSR count). The largest absolute Gasteiger partial charge is 0.465 e. The molecule has 0 N–H and O–H groups in total. The highest BCUT2D eigenvalue weighted by molar-refractivity contribution is 8.02. The summed E-state index contributed by atoms with van der Waals surface area (Å²) in [7, 11) is 1.21. The number of methoxy groups -OCH3 is 1. The number of nitrogens with zero attached hydrogens (tertiary/aromatic N) is 1. The number of carbonyl (C=O) groups excluding carboxylic acids is 1. The van der Waals surface area contributed by atoms with Crippen LogP contribution in [-0.4, -0.2) is 18.0 Å². The van der Waals surface area contributed by atoms with Crippen LogP contribution in [0, 0.1) is 10.1 Å². The van der Waals surface area contributed by atoms with E-state index in [1.807, 2.05) is 6.08 Å². The number of benzene rings is 1. The molecule has 1 aliphatic rings. The molecule has 21 heavy (non-hydrogen) atoms. The molecule has 1 aromatic rings. The SMILES string of the molecule is COC(=O)c1ccc(CSC2=CC=CCC2)cc1[N+](=O)[O-]. The number of ether oxygens (including phenoxy) is 1. The molecule has 0 spiro atoms. The van der Waals surface area contributed by atoms with Gasteiger partial charge in [-0.05, 0) is 29.4 Å². The summed E-state index contributed by atoms with van der Waals surface area (Å²) < 4.78 is 4.56. The quantitative estimate of drug-likeness (QED) is 0.469. The van der Waals surface area contributed by atoms with E-state index in [-0.39, 0.29) is 11.3 Å². The smallest absolute Gasteiger partial charge is 0.344 e. The lowest BCUT2D eigenvalue weighted by Crippen LogP contribution is -2.06. The predicted molar refractivity (Wildman–Crippen MR) is 82.2 cm³/mol. The van der Waals surface area contributed by atoms with Gasteiger partial charge in [0.15, 0.2) is 0 Å². The number of hydrogen-bond acceptors (Lipinski definition) is 5. The lowest BCUT2D eigenvalue weighted by molar-refractivity contribution is -0.385. The molecule has 0 aliphatic heterocycles. The maximum atomic E-state index is 11.5. The molecule has 5 nitrogen and oxygen atoms in total. The minimum atomic E-state index is -0.693. The zero-order valence-corrected chi connectivity index (χ0v) is 12.4. The fourth-order valence-corrected chi connectivity index (χ4v) is 2.95. The Bertz CT molecular complexity index is 622. The third-order valence-electron chi connectivity index (χ3n) is 3.06. The summed E-state index contributed by atoms with van der Waals surface area (Å²) >= 11 is 1.66. The van der Waals surface area contributed by atoms with Crippen LogP contribution in [0.15, 0.2) is 41.3 Å². The highest BCUT2D eigenvalue weighted by Gasteiger charge is 2.21. The standard InChI is InChI=1S/C15H15NO4S/c1-20-15(17)13-8-7-11(9-14(13)16(18)19)10-21-12-5-3-2-4-6-12/h2-3,5,7-9H,4,6,10H2,1H3. The van der Waals surface area contributed by atoms with E-state index in [2.05, 4.69) is 16.9 Å². The highest BCUT2D eigenvalue weighted by atomic mass is 32.2. The van der Waals surface area contributed by atoms with Gasteiger partial charge in [0, 0.05) is 11.8 Å². The van der Waals surface area contributed by atoms with Crippen molar-refractivity contribution < 1.29 is 14.5 Å². The summed E-state index contributed by atoms with van der Waals surface area (Å²) in [6.45, 7) is 0. The van der Waals surface area contributed by atoms with Crippen molar-refractivity contribution in [2.75, 3.05) is 7.11 Å². The fourth-order valence-electron chi connectivity index (χ4n) is 1.98. The van der Waals surface area contributed by atoms with Crippen LogP contribution in [-0.2, 0) is 10.5 Å². The van der Waals surface area contributed by atoms with E-state index in [9.17, 15) is 14.9 Å². The molecule has 0 unspecified atom stereocenters. The summed E-state index contributed by atoms with van der Waals surface area (Å²) in [6, 6.07) is 4.62. The monoisotopic (exact) mass is 305 g/mol. The first-order chi connectivity index (χ1) is 10.1. The van der Waals surface area contributed by atoms with Crippen molar-refractivity contribution >= 4 is 23.4 Å². The minimum Gasteiger partial charge on any atom is -0.465 e. The van der Waals surface area contributed by atoms with Crippen LogP contribution in [0.4, 0.5) is 5.69 Å². The van der Waals surface area contributed by atoms with E-state index in [0.717, 1.165) is 18.4 Å². The number of thioether (sulfide) groups is 1. The van der Waals surface area contributed by atoms with Gasteiger partial charge in [0.05, 0.1) is 12.0 Å². The van der Waals surface area contributed by atoms with Crippen LogP contribution in [0.25, 0.3) is 0 Å². The molecule has 0 saturated heterocycles. The second-order valence-corrected chi connectivity index (χ2v) is 5.59. The molecule has 0 saturated carbocycles. The summed E-state index contributed by atoms with van der Waals surface area (Å²) in [5, 5.41) is 11.1. The van der Waals surface area contributed by atoms with Crippen molar-refractivity contribution in [3.63, 3.8) is 0 Å². The van der Waals surface area contributed by atoms with Gasteiger partial charge in [-0.25, -0.2) is 4.79 Å². The lowest BCUT2D eigenvalue weighted by atomic mass is 10.1. The first-order valence-electron chi connectivity index (χ1n) is 6.46. The van der Waals surface area contributed by atoms with Crippen molar-refractivity contribution in [1.29, 1.82) is 0 Å². The first-order valence-corrected chi connectivity index (χ1v) is 7.44. The van der Waals surface area contributed by atoms with E-state index in [4.69, 9.17) is 0 Å². The van der Waals surface area contributed by atoms with E-state index in [0.29, 0.717) is 5.75 Å². The fraction of sp³-hybridized carbons (Fsp3) is 0.267. The molecule has 0 amide bonds. The molecule has 0 fully saturated rings. The summed E-state index contributed by atoms with van der Waals surface area (Å²) in [5.74, 6) is -0.0527. The Hall–Kier alpha value is -2.08. The molecule has 1 aromatic carbocycles. The van der Waals surface area contributed by atoms with Gasteiger partial charge >= 0.3 is 5.97 Å². The molecule has 6 heteroatoms. The Balaban J connectivity index is 2.16. The Labute approximate surface area is 126 Å². The molecule has 1 aliphatic carbocycles. The molecule has 110 valence electrons. The van der Waals surface area contributed by atoms with Crippen molar-refractivity contribution in [1.82, 2.24) is 0 Å². The molecule has 0 bridgehead atoms. The maximum Gasteiger partial charge on any atom is 0.344 e. The van der Waals surface area contributed by atoms with Gasteiger partial charge < -0.3 is 4.74 Å². The van der Waals surface area contributed by atoms with Crippen molar-refractivity contribution in [2.45, 2.75) is 18.6 Å². The van der Waals surface area contributed by atoms with Crippen LogP contribution in [0.3, 0.4) is 0 Å². The average Bonchev–Trinajstić information content (AvgIpc) is 2.52. The number of hydrogen-bond donors (Lipinski definition) is 0. The zero-order valence-electron chi connectivity index (χ0n) is 11.6. The van der Waals surface area contributed by atoms with E-state index in [1.54, 1.807) is 17.8 Å². The number of nitro groups is 1. The summed E-state index contributed by atoms with van der Waals surface area (Å²) in [5.41, 5.74) is 0.586. The van der Waals surface area contributed by atoms with Crippen LogP contribution in [0.5, 0.6) is 0 Å².